The Morgan fingerprint density at radius 3 is 1.79 bits per heavy atom. The largest absolute Gasteiger partial charge is 0.456 e. The standard InChI is InChI=1S/C52H32N2OS/c1-3-14-33(15-4-1)36-28-37(35-26-27-48-44(31-35)41-20-9-11-23-47(41)55-48)30-38(29-36)45-32-46(54-52(53-45)34-16-5-2-6-17-34)40-19-8-7-18-39(40)42-22-13-25-50-51(42)43-21-10-12-24-49(43)56-50/h1-32H. The van der Waals surface area contributed by atoms with E-state index in [1.165, 1.54) is 25.7 Å². The second-order valence-electron chi connectivity index (χ2n) is 14.1. The number of hydrogen-bond acceptors (Lipinski definition) is 4. The molecule has 0 fully saturated rings. The first kappa shape index (κ1) is 32.3. The van der Waals surface area contributed by atoms with Gasteiger partial charge in [-0.2, -0.15) is 0 Å². The van der Waals surface area contributed by atoms with Gasteiger partial charge in [-0.1, -0.05) is 140 Å². The van der Waals surface area contributed by atoms with Gasteiger partial charge in [0.2, 0.25) is 0 Å². The van der Waals surface area contributed by atoms with E-state index >= 15 is 0 Å². The summed E-state index contributed by atoms with van der Waals surface area (Å²) in [5.41, 5.74) is 13.4. The van der Waals surface area contributed by atoms with E-state index in [-0.39, 0.29) is 0 Å². The average Bonchev–Trinajstić information content (AvgIpc) is 3.85. The summed E-state index contributed by atoms with van der Waals surface area (Å²) < 4.78 is 8.77. The summed E-state index contributed by atoms with van der Waals surface area (Å²) in [6.45, 7) is 0. The van der Waals surface area contributed by atoms with Crippen LogP contribution in [0.3, 0.4) is 0 Å². The molecule has 0 aliphatic heterocycles. The van der Waals surface area contributed by atoms with Crippen molar-refractivity contribution in [1.29, 1.82) is 0 Å². The Kier molecular flexibility index (Phi) is 7.68. The molecule has 11 aromatic rings. The molecule has 3 nitrogen and oxygen atoms in total. The molecule has 3 aromatic heterocycles. The van der Waals surface area contributed by atoms with E-state index in [2.05, 4.69) is 164 Å². The summed E-state index contributed by atoms with van der Waals surface area (Å²) in [6, 6.07) is 68.6. The molecule has 0 bridgehead atoms. The topological polar surface area (TPSA) is 38.9 Å². The molecule has 262 valence electrons. The number of fused-ring (bicyclic) bond motifs is 6. The van der Waals surface area contributed by atoms with Gasteiger partial charge in [-0.15, -0.1) is 11.3 Å². The summed E-state index contributed by atoms with van der Waals surface area (Å²) in [7, 11) is 0. The van der Waals surface area contributed by atoms with E-state index < -0.39 is 0 Å². The van der Waals surface area contributed by atoms with Crippen LogP contribution >= 0.6 is 11.3 Å². The highest BCUT2D eigenvalue weighted by molar-refractivity contribution is 7.25. The van der Waals surface area contributed by atoms with Gasteiger partial charge in [0.15, 0.2) is 5.82 Å². The molecule has 0 atom stereocenters. The molecule has 11 rings (SSSR count). The lowest BCUT2D eigenvalue weighted by Crippen LogP contribution is -1.97. The van der Waals surface area contributed by atoms with Crippen LogP contribution in [0.5, 0.6) is 0 Å². The van der Waals surface area contributed by atoms with Crippen LogP contribution in [0, 0.1) is 0 Å². The van der Waals surface area contributed by atoms with Gasteiger partial charge in [-0.3, -0.25) is 0 Å². The maximum atomic E-state index is 6.21. The van der Waals surface area contributed by atoms with Crippen LogP contribution in [0.15, 0.2) is 199 Å². The van der Waals surface area contributed by atoms with Gasteiger partial charge >= 0.3 is 0 Å². The Morgan fingerprint density at radius 2 is 0.946 bits per heavy atom. The van der Waals surface area contributed by atoms with Crippen molar-refractivity contribution < 1.29 is 4.42 Å². The summed E-state index contributed by atoms with van der Waals surface area (Å²) in [4.78, 5) is 10.6. The minimum atomic E-state index is 0.685. The Morgan fingerprint density at radius 1 is 0.339 bits per heavy atom. The lowest BCUT2D eigenvalue weighted by atomic mass is 9.92. The molecule has 56 heavy (non-hydrogen) atoms. The maximum Gasteiger partial charge on any atom is 0.160 e. The van der Waals surface area contributed by atoms with Crippen LogP contribution in [0.2, 0.25) is 0 Å². The first-order valence-electron chi connectivity index (χ1n) is 18.8. The molecular formula is C52H32N2OS. The highest BCUT2D eigenvalue weighted by Crippen LogP contribution is 2.43. The van der Waals surface area contributed by atoms with Crippen molar-refractivity contribution in [3.8, 4) is 67.3 Å². The summed E-state index contributed by atoms with van der Waals surface area (Å²) >= 11 is 1.84. The van der Waals surface area contributed by atoms with E-state index in [1.807, 2.05) is 41.7 Å². The molecule has 0 saturated heterocycles. The van der Waals surface area contributed by atoms with E-state index in [0.717, 1.165) is 77.8 Å². The van der Waals surface area contributed by atoms with Crippen molar-refractivity contribution in [2.75, 3.05) is 0 Å². The van der Waals surface area contributed by atoms with Crippen LogP contribution in [-0.4, -0.2) is 9.97 Å². The highest BCUT2D eigenvalue weighted by atomic mass is 32.1. The van der Waals surface area contributed by atoms with Crippen molar-refractivity contribution in [2.45, 2.75) is 0 Å². The third-order valence-corrected chi connectivity index (χ3v) is 11.8. The monoisotopic (exact) mass is 732 g/mol. The lowest BCUT2D eigenvalue weighted by molar-refractivity contribution is 0.669. The smallest absolute Gasteiger partial charge is 0.160 e. The lowest BCUT2D eigenvalue weighted by Gasteiger charge is -2.15. The third kappa shape index (κ3) is 5.58. The highest BCUT2D eigenvalue weighted by Gasteiger charge is 2.18. The number of nitrogens with zero attached hydrogens (tertiary/aromatic N) is 2. The van der Waals surface area contributed by atoms with Gasteiger partial charge in [0.1, 0.15) is 11.2 Å². The molecule has 3 heterocycles. The fourth-order valence-corrected chi connectivity index (χ4v) is 9.17. The number of para-hydroxylation sites is 1. The van der Waals surface area contributed by atoms with Crippen LogP contribution in [-0.2, 0) is 0 Å². The summed E-state index contributed by atoms with van der Waals surface area (Å²) in [5.74, 6) is 0.685. The minimum Gasteiger partial charge on any atom is -0.456 e. The van der Waals surface area contributed by atoms with Gasteiger partial charge in [0, 0.05) is 47.6 Å². The van der Waals surface area contributed by atoms with Crippen LogP contribution in [0.25, 0.3) is 109 Å². The van der Waals surface area contributed by atoms with E-state index in [9.17, 15) is 0 Å². The fourth-order valence-electron chi connectivity index (χ4n) is 8.03. The Balaban J connectivity index is 1.14. The molecule has 0 radical (unpaired) electrons. The molecule has 0 spiro atoms. The second kappa shape index (κ2) is 13.3. The van der Waals surface area contributed by atoms with E-state index in [0.29, 0.717) is 5.82 Å². The van der Waals surface area contributed by atoms with E-state index in [4.69, 9.17) is 14.4 Å². The number of aromatic nitrogens is 2. The zero-order chi connectivity index (χ0) is 37.0. The van der Waals surface area contributed by atoms with Gasteiger partial charge in [0.05, 0.1) is 11.4 Å². The van der Waals surface area contributed by atoms with Gasteiger partial charge in [-0.05, 0) is 88.0 Å². The van der Waals surface area contributed by atoms with Crippen LogP contribution in [0.1, 0.15) is 0 Å². The maximum absolute atomic E-state index is 6.21. The molecule has 0 aliphatic rings. The van der Waals surface area contributed by atoms with Crippen molar-refractivity contribution in [2.24, 2.45) is 0 Å². The Labute approximate surface area is 327 Å². The van der Waals surface area contributed by atoms with Gasteiger partial charge in [-0.25, -0.2) is 9.97 Å². The molecule has 8 aromatic carbocycles. The van der Waals surface area contributed by atoms with Crippen molar-refractivity contribution >= 4 is 53.4 Å². The quantitative estimate of drug-likeness (QED) is 0.171. The predicted molar refractivity (Wildman–Crippen MR) is 235 cm³/mol. The van der Waals surface area contributed by atoms with Gasteiger partial charge < -0.3 is 4.42 Å². The molecule has 0 aliphatic carbocycles. The van der Waals surface area contributed by atoms with E-state index in [1.54, 1.807) is 0 Å². The van der Waals surface area contributed by atoms with Gasteiger partial charge in [0.25, 0.3) is 0 Å². The number of furan rings is 1. The molecule has 4 heteroatoms. The van der Waals surface area contributed by atoms with Crippen molar-refractivity contribution in [3.05, 3.63) is 194 Å². The molecule has 0 amide bonds. The fraction of sp³-hybridized carbons (Fsp3) is 0. The summed E-state index contributed by atoms with van der Waals surface area (Å²) in [5, 5.41) is 4.77. The number of benzene rings is 8. The number of rotatable bonds is 6. The first-order chi connectivity index (χ1) is 27.7. The molecule has 0 N–H and O–H groups in total. The Hall–Kier alpha value is -7.14. The average molecular weight is 733 g/mol. The number of thiophene rings is 1. The molecule has 0 saturated carbocycles. The predicted octanol–water partition coefficient (Wildman–Crippen LogP) is 14.7. The number of hydrogen-bond donors (Lipinski definition) is 0. The Bertz CT molecular complexity index is 3250. The summed E-state index contributed by atoms with van der Waals surface area (Å²) in [6.07, 6.45) is 0. The second-order valence-corrected chi connectivity index (χ2v) is 15.2. The molecule has 0 unspecified atom stereocenters. The van der Waals surface area contributed by atoms with Crippen LogP contribution < -0.4 is 0 Å². The normalized spacial score (nSPS) is 11.6. The van der Waals surface area contributed by atoms with Crippen molar-refractivity contribution in [3.63, 3.8) is 0 Å². The minimum absolute atomic E-state index is 0.685. The first-order valence-corrected chi connectivity index (χ1v) is 19.6. The SMILES string of the molecule is c1ccc(-c2cc(-c3ccc4oc5ccccc5c4c3)cc(-c3cc(-c4ccccc4-c4cccc5sc6ccccc6c45)nc(-c4ccccc4)n3)c2)cc1. The van der Waals surface area contributed by atoms with Crippen LogP contribution in [0.4, 0.5) is 0 Å². The van der Waals surface area contributed by atoms with Crippen molar-refractivity contribution in [1.82, 2.24) is 9.97 Å². The zero-order valence-electron chi connectivity index (χ0n) is 30.2. The molecular weight excluding hydrogens is 701 g/mol. The zero-order valence-corrected chi connectivity index (χ0v) is 31.0. The third-order valence-electron chi connectivity index (χ3n) is 10.7.